The molecule has 0 aromatic carbocycles. The normalized spacial score (nSPS) is 12.8. The third-order valence-electron chi connectivity index (χ3n) is 1.74. The number of halogens is 1. The molecule has 5 nitrogen and oxygen atoms in total. The van der Waals surface area contributed by atoms with Crippen molar-refractivity contribution in [2.75, 3.05) is 19.4 Å². The molecule has 0 N–H and O–H groups in total. The van der Waals surface area contributed by atoms with Crippen molar-refractivity contribution in [2.45, 2.75) is 13.8 Å². The van der Waals surface area contributed by atoms with E-state index in [4.69, 9.17) is 16.3 Å². The fourth-order valence-corrected chi connectivity index (χ4v) is 2.05. The average molecular weight is 281 g/mol. The summed E-state index contributed by atoms with van der Waals surface area (Å²) in [4.78, 5) is 3.96. The summed E-state index contributed by atoms with van der Waals surface area (Å²) >= 11 is 5.32. The molecule has 0 radical (unpaired) electrons. The van der Waals surface area contributed by atoms with Crippen LogP contribution in [-0.4, -0.2) is 38.0 Å². The van der Waals surface area contributed by atoms with E-state index in [2.05, 4.69) is 11.6 Å². The molecule has 0 aliphatic rings. The van der Waals surface area contributed by atoms with Crippen LogP contribution >= 0.6 is 11.6 Å². The highest BCUT2D eigenvalue weighted by molar-refractivity contribution is 7.88. The van der Waals surface area contributed by atoms with Crippen LogP contribution in [0.25, 0.3) is 0 Å². The lowest BCUT2D eigenvalue weighted by atomic mass is 10.6. The molecule has 0 aliphatic heterocycles. The lowest BCUT2D eigenvalue weighted by molar-refractivity contribution is 0.345. The molecule has 0 fully saturated rings. The fourth-order valence-electron chi connectivity index (χ4n) is 1.08. The van der Waals surface area contributed by atoms with Gasteiger partial charge in [0.2, 0.25) is 10.0 Å². The second-order valence-corrected chi connectivity index (χ2v) is 5.31. The van der Waals surface area contributed by atoms with Crippen molar-refractivity contribution in [3.63, 3.8) is 0 Å². The Kier molecular flexibility index (Phi) is 6.91. The summed E-state index contributed by atoms with van der Waals surface area (Å²) in [6.45, 7) is 7.46. The first-order valence-electron chi connectivity index (χ1n) is 4.92. The Morgan fingerprint density at radius 1 is 1.59 bits per heavy atom. The van der Waals surface area contributed by atoms with Crippen molar-refractivity contribution in [3.05, 3.63) is 24.0 Å². The highest BCUT2D eigenvalue weighted by Crippen LogP contribution is 2.09. The maximum absolute atomic E-state index is 11.4. The number of hydrogen-bond donors (Lipinski definition) is 0. The zero-order valence-electron chi connectivity index (χ0n) is 10.2. The third-order valence-corrected chi connectivity index (χ3v) is 3.19. The molecule has 0 spiro atoms. The molecular formula is C10H17ClN2O3S. The van der Waals surface area contributed by atoms with Gasteiger partial charge < -0.3 is 4.74 Å². The fraction of sp³-hybridized carbons (Fsp3) is 0.500. The molecule has 0 unspecified atom stereocenters. The maximum atomic E-state index is 11.4. The number of sulfonamides is 1. The van der Waals surface area contributed by atoms with E-state index in [1.807, 2.05) is 0 Å². The molecule has 17 heavy (non-hydrogen) atoms. The summed E-state index contributed by atoms with van der Waals surface area (Å²) < 4.78 is 29.0. The number of aliphatic imine (C=N–C) groups is 1. The van der Waals surface area contributed by atoms with E-state index >= 15 is 0 Å². The van der Waals surface area contributed by atoms with Crippen molar-refractivity contribution in [1.29, 1.82) is 0 Å². The molecule has 0 amide bonds. The van der Waals surface area contributed by atoms with Gasteiger partial charge >= 0.3 is 0 Å². The van der Waals surface area contributed by atoms with Gasteiger partial charge in [-0.2, -0.15) is 0 Å². The van der Waals surface area contributed by atoms with Crippen LogP contribution in [0.3, 0.4) is 0 Å². The maximum Gasteiger partial charge on any atom is 0.233 e. The summed E-state index contributed by atoms with van der Waals surface area (Å²) in [7, 11) is -3.35. The Morgan fingerprint density at radius 2 is 2.18 bits per heavy atom. The van der Waals surface area contributed by atoms with E-state index in [0.29, 0.717) is 5.90 Å². The molecule has 0 aromatic rings. The van der Waals surface area contributed by atoms with Crippen molar-refractivity contribution in [3.8, 4) is 0 Å². The van der Waals surface area contributed by atoms with E-state index < -0.39 is 10.0 Å². The first-order valence-corrected chi connectivity index (χ1v) is 7.21. The van der Waals surface area contributed by atoms with Crippen LogP contribution in [0.4, 0.5) is 0 Å². The second-order valence-electron chi connectivity index (χ2n) is 3.15. The van der Waals surface area contributed by atoms with Gasteiger partial charge in [0.05, 0.1) is 6.26 Å². The lowest BCUT2D eigenvalue weighted by Crippen LogP contribution is -2.28. The van der Waals surface area contributed by atoms with Crippen molar-refractivity contribution in [1.82, 2.24) is 4.31 Å². The number of nitrogens with zero attached hydrogens (tertiary/aromatic N) is 2. The molecule has 0 bridgehead atoms. The van der Waals surface area contributed by atoms with Crippen molar-refractivity contribution in [2.24, 2.45) is 4.99 Å². The zero-order valence-corrected chi connectivity index (χ0v) is 11.8. The van der Waals surface area contributed by atoms with Crippen LogP contribution in [-0.2, 0) is 14.8 Å². The van der Waals surface area contributed by atoms with E-state index in [-0.39, 0.29) is 19.0 Å². The van der Waals surface area contributed by atoms with Crippen LogP contribution in [0.15, 0.2) is 29.0 Å². The van der Waals surface area contributed by atoms with Gasteiger partial charge in [-0.1, -0.05) is 18.2 Å². The van der Waals surface area contributed by atoms with Gasteiger partial charge in [0.15, 0.2) is 5.90 Å². The van der Waals surface area contributed by atoms with E-state index in [9.17, 15) is 8.42 Å². The number of rotatable bonds is 6. The van der Waals surface area contributed by atoms with Gasteiger partial charge in [-0.15, -0.1) is 0 Å². The Morgan fingerprint density at radius 3 is 2.59 bits per heavy atom. The van der Waals surface area contributed by atoms with E-state index in [1.54, 1.807) is 19.9 Å². The Hall–Kier alpha value is -1.01. The average Bonchev–Trinajstić information content (AvgIpc) is 2.16. The molecule has 7 heteroatoms. The Bertz CT molecular complexity index is 415. The number of hydrogen-bond acceptors (Lipinski definition) is 4. The lowest BCUT2D eigenvalue weighted by Gasteiger charge is -2.19. The van der Waals surface area contributed by atoms with Gasteiger partial charge in [0.25, 0.3) is 0 Å². The molecule has 0 aliphatic carbocycles. The summed E-state index contributed by atoms with van der Waals surface area (Å²) in [6, 6.07) is 0. The monoisotopic (exact) mass is 280 g/mol. The van der Waals surface area contributed by atoms with E-state index in [1.165, 1.54) is 5.54 Å². The van der Waals surface area contributed by atoms with Gasteiger partial charge in [-0.25, -0.2) is 13.4 Å². The molecule has 98 valence electrons. The second kappa shape index (κ2) is 7.34. The molecule has 0 saturated carbocycles. The molecule has 0 saturated heterocycles. The standard InChI is InChI=1S/C10H17ClN2O3S/c1-5-13(17(4,14)15)9(2)12-10(3)16-8-6-7-11/h6-7H,2,5,8H2,1,3-4H3/b7-6-,12-10?. The smallest absolute Gasteiger partial charge is 0.233 e. The minimum atomic E-state index is -3.35. The third kappa shape index (κ3) is 6.33. The Balaban J connectivity index is 4.65. The quantitative estimate of drug-likeness (QED) is 0.552. The highest BCUT2D eigenvalue weighted by atomic mass is 35.5. The topological polar surface area (TPSA) is 59.0 Å². The molecular weight excluding hydrogens is 264 g/mol. The molecule has 0 aromatic heterocycles. The van der Waals surface area contributed by atoms with Gasteiger partial charge in [0, 0.05) is 19.0 Å². The number of ether oxygens (including phenoxy) is 1. The van der Waals surface area contributed by atoms with Crippen molar-refractivity contribution < 1.29 is 13.2 Å². The summed E-state index contributed by atoms with van der Waals surface area (Å²) in [5.74, 6) is 0.453. The van der Waals surface area contributed by atoms with Crippen LogP contribution < -0.4 is 0 Å². The largest absolute Gasteiger partial charge is 0.477 e. The molecule has 0 heterocycles. The minimum Gasteiger partial charge on any atom is -0.477 e. The summed E-state index contributed by atoms with van der Waals surface area (Å²) in [5, 5.41) is 0. The molecule has 0 atom stereocenters. The first kappa shape index (κ1) is 16.0. The van der Waals surface area contributed by atoms with Crippen LogP contribution in [0.5, 0.6) is 0 Å². The van der Waals surface area contributed by atoms with Crippen molar-refractivity contribution >= 4 is 27.5 Å². The summed E-state index contributed by atoms with van der Waals surface area (Å²) in [6.07, 6.45) is 2.70. The SMILES string of the molecule is C=C(N=C(C)OC/C=C\Cl)N(CC)S(C)(=O)=O. The predicted molar refractivity (Wildman–Crippen MR) is 70.4 cm³/mol. The zero-order chi connectivity index (χ0) is 13.5. The van der Waals surface area contributed by atoms with Crippen LogP contribution in [0, 0.1) is 0 Å². The first-order chi connectivity index (χ1) is 7.82. The predicted octanol–water partition coefficient (Wildman–Crippen LogP) is 1.93. The van der Waals surface area contributed by atoms with Gasteiger partial charge in [-0.3, -0.25) is 4.31 Å². The molecule has 0 rings (SSSR count). The summed E-state index contributed by atoms with van der Waals surface area (Å²) in [5.41, 5.74) is 1.33. The van der Waals surface area contributed by atoms with Gasteiger partial charge in [-0.05, 0) is 13.0 Å². The van der Waals surface area contributed by atoms with Gasteiger partial charge in [0.1, 0.15) is 12.4 Å². The van der Waals surface area contributed by atoms with E-state index in [0.717, 1.165) is 10.6 Å². The van der Waals surface area contributed by atoms with Crippen LogP contribution in [0.2, 0.25) is 0 Å². The Labute approximate surface area is 107 Å². The minimum absolute atomic E-state index is 0.127. The van der Waals surface area contributed by atoms with Crippen LogP contribution in [0.1, 0.15) is 13.8 Å². The highest BCUT2D eigenvalue weighted by Gasteiger charge is 2.15.